The third-order valence-electron chi connectivity index (χ3n) is 5.51. The molecule has 0 aliphatic carbocycles. The van der Waals surface area contributed by atoms with E-state index in [-0.39, 0.29) is 11.2 Å². The van der Waals surface area contributed by atoms with Crippen LogP contribution in [0.4, 0.5) is 5.69 Å². The van der Waals surface area contributed by atoms with Gasteiger partial charge >= 0.3 is 0 Å². The molecule has 5 rings (SSSR count). The Kier molecular flexibility index (Phi) is 7.00. The summed E-state index contributed by atoms with van der Waals surface area (Å²) in [5.74, 6) is 2.61. The van der Waals surface area contributed by atoms with Gasteiger partial charge < -0.3 is 13.9 Å². The van der Waals surface area contributed by atoms with Crippen molar-refractivity contribution in [2.45, 2.75) is 13.3 Å². The molecule has 5 aromatic rings. The number of benzene rings is 2. The lowest BCUT2D eigenvalue weighted by molar-refractivity contribution is -0.384. The number of hydrogen-bond acceptors (Lipinski definition) is 9. The van der Waals surface area contributed by atoms with Crippen molar-refractivity contribution in [2.75, 3.05) is 13.7 Å². The van der Waals surface area contributed by atoms with E-state index in [0.717, 1.165) is 12.0 Å². The molecule has 11 heteroatoms. The first kappa shape index (κ1) is 24.9. The molecule has 0 saturated carbocycles. The Balaban J connectivity index is 1.37. The quantitative estimate of drug-likeness (QED) is 0.196. The number of nitro groups is 1. The molecular weight excluding hydrogens is 508 g/mol. The molecule has 0 spiro atoms. The average molecular weight is 531 g/mol. The topological polar surface area (TPSA) is 122 Å². The highest BCUT2D eigenvalue weighted by Crippen LogP contribution is 2.29. The summed E-state index contributed by atoms with van der Waals surface area (Å²) < 4.78 is 18.6. The van der Waals surface area contributed by atoms with Crippen molar-refractivity contribution in [1.29, 1.82) is 0 Å². The van der Waals surface area contributed by atoms with E-state index in [4.69, 9.17) is 13.9 Å². The van der Waals surface area contributed by atoms with Gasteiger partial charge in [0.25, 0.3) is 11.2 Å². The van der Waals surface area contributed by atoms with E-state index in [9.17, 15) is 14.9 Å². The Labute approximate surface area is 220 Å². The fraction of sp³-hybridized carbons (Fsp3) is 0.148. The lowest BCUT2D eigenvalue weighted by atomic mass is 10.1. The van der Waals surface area contributed by atoms with E-state index in [2.05, 4.69) is 10.1 Å². The summed E-state index contributed by atoms with van der Waals surface area (Å²) in [5, 5.41) is 15.4. The van der Waals surface area contributed by atoms with Gasteiger partial charge in [0.05, 0.1) is 18.6 Å². The van der Waals surface area contributed by atoms with E-state index in [1.54, 1.807) is 43.5 Å². The van der Waals surface area contributed by atoms with Crippen LogP contribution in [0.2, 0.25) is 0 Å². The standard InChI is InChI=1S/C27H22N4O6S/c1-3-13-36-22-10-7-17(14-23(22)35-2)8-12-25-28-27-30(29-25)26(32)24(38-27)16-20-9-11-21(37-20)18-5-4-6-19(15-18)31(33)34/h4-12,14-16H,3,13H2,1-2H3/b12-8+,24-16-. The number of nitrogens with zero attached hydrogens (tertiary/aromatic N) is 4. The molecule has 0 bridgehead atoms. The normalized spacial score (nSPS) is 12.0. The summed E-state index contributed by atoms with van der Waals surface area (Å²) in [5.41, 5.74) is 1.10. The number of non-ortho nitro benzene ring substituents is 1. The number of thiazole rings is 1. The molecule has 0 amide bonds. The van der Waals surface area contributed by atoms with Crippen LogP contribution in [0.1, 0.15) is 30.5 Å². The van der Waals surface area contributed by atoms with Gasteiger partial charge in [0.2, 0.25) is 4.96 Å². The van der Waals surface area contributed by atoms with Crippen LogP contribution in [0.15, 0.2) is 63.8 Å². The van der Waals surface area contributed by atoms with Crippen LogP contribution in [-0.4, -0.2) is 33.2 Å². The van der Waals surface area contributed by atoms with Gasteiger partial charge in [0.15, 0.2) is 17.3 Å². The molecule has 0 unspecified atom stereocenters. The number of furan rings is 1. The molecule has 3 aromatic heterocycles. The van der Waals surface area contributed by atoms with Crippen LogP contribution in [0, 0.1) is 10.1 Å². The SMILES string of the molecule is CCCOc1ccc(/C=C/c2nc3s/c(=C\c4ccc(-c5cccc([N+](=O)[O-])c5)o4)c(=O)n3n2)cc1OC. The molecule has 2 aromatic carbocycles. The van der Waals surface area contributed by atoms with E-state index in [0.29, 0.717) is 50.5 Å². The minimum absolute atomic E-state index is 0.0289. The van der Waals surface area contributed by atoms with Crippen molar-refractivity contribution in [2.24, 2.45) is 0 Å². The van der Waals surface area contributed by atoms with Gasteiger partial charge in [0, 0.05) is 23.8 Å². The largest absolute Gasteiger partial charge is 0.493 e. The number of aromatic nitrogens is 3. The van der Waals surface area contributed by atoms with Crippen molar-refractivity contribution >= 4 is 40.2 Å². The Bertz CT molecular complexity index is 1770. The minimum atomic E-state index is -0.461. The fourth-order valence-corrected chi connectivity index (χ4v) is 4.59. The summed E-state index contributed by atoms with van der Waals surface area (Å²) in [4.78, 5) is 28.4. The zero-order chi connectivity index (χ0) is 26.6. The van der Waals surface area contributed by atoms with E-state index < -0.39 is 4.92 Å². The number of ether oxygens (including phenoxy) is 2. The van der Waals surface area contributed by atoms with E-state index in [1.165, 1.54) is 28.0 Å². The van der Waals surface area contributed by atoms with Gasteiger partial charge in [-0.2, -0.15) is 9.50 Å². The summed E-state index contributed by atoms with van der Waals surface area (Å²) in [6.07, 6.45) is 6.06. The van der Waals surface area contributed by atoms with Crippen LogP contribution in [-0.2, 0) is 0 Å². The number of fused-ring (bicyclic) bond motifs is 1. The number of nitro benzene ring substituents is 1. The van der Waals surface area contributed by atoms with E-state index in [1.807, 2.05) is 31.2 Å². The maximum absolute atomic E-state index is 12.9. The molecule has 0 saturated heterocycles. The molecule has 3 heterocycles. The molecule has 10 nitrogen and oxygen atoms in total. The Morgan fingerprint density at radius 2 is 2.00 bits per heavy atom. The van der Waals surface area contributed by atoms with Crippen molar-refractivity contribution in [3.8, 4) is 22.8 Å². The first-order valence-electron chi connectivity index (χ1n) is 11.7. The number of hydrogen-bond donors (Lipinski definition) is 0. The van der Waals surface area contributed by atoms with Gasteiger partial charge in [-0.1, -0.05) is 42.5 Å². The molecule has 0 atom stereocenters. The Morgan fingerprint density at radius 3 is 2.76 bits per heavy atom. The lowest BCUT2D eigenvalue weighted by Crippen LogP contribution is -2.23. The monoisotopic (exact) mass is 530 g/mol. The van der Waals surface area contributed by atoms with Gasteiger partial charge in [-0.05, 0) is 42.3 Å². The highest BCUT2D eigenvalue weighted by Gasteiger charge is 2.12. The van der Waals surface area contributed by atoms with Crippen LogP contribution < -0.4 is 19.6 Å². The van der Waals surface area contributed by atoms with Crippen molar-refractivity contribution in [1.82, 2.24) is 14.6 Å². The zero-order valence-electron chi connectivity index (χ0n) is 20.5. The van der Waals surface area contributed by atoms with Crippen molar-refractivity contribution in [3.05, 3.63) is 96.7 Å². The second-order valence-electron chi connectivity index (χ2n) is 8.18. The van der Waals surface area contributed by atoms with Crippen molar-refractivity contribution < 1.29 is 18.8 Å². The first-order chi connectivity index (χ1) is 18.4. The second kappa shape index (κ2) is 10.7. The molecule has 0 radical (unpaired) electrons. The predicted molar refractivity (Wildman–Crippen MR) is 144 cm³/mol. The average Bonchev–Trinajstić information content (AvgIpc) is 3.63. The van der Waals surface area contributed by atoms with E-state index >= 15 is 0 Å². The van der Waals surface area contributed by atoms with Gasteiger partial charge in [0.1, 0.15) is 16.1 Å². The van der Waals surface area contributed by atoms with Gasteiger partial charge in [-0.3, -0.25) is 14.9 Å². The maximum atomic E-state index is 12.9. The molecule has 0 aliphatic rings. The summed E-state index contributed by atoms with van der Waals surface area (Å²) in [7, 11) is 1.59. The summed E-state index contributed by atoms with van der Waals surface area (Å²) in [6.45, 7) is 2.65. The third-order valence-corrected chi connectivity index (χ3v) is 6.47. The van der Waals surface area contributed by atoms with Crippen molar-refractivity contribution in [3.63, 3.8) is 0 Å². The maximum Gasteiger partial charge on any atom is 0.291 e. The fourth-order valence-electron chi connectivity index (χ4n) is 3.70. The van der Waals surface area contributed by atoms with Crippen LogP contribution in [0.3, 0.4) is 0 Å². The number of methoxy groups -OCH3 is 1. The minimum Gasteiger partial charge on any atom is -0.493 e. The molecule has 0 fully saturated rings. The molecular formula is C27H22N4O6S. The molecule has 0 aliphatic heterocycles. The first-order valence-corrected chi connectivity index (χ1v) is 12.5. The highest BCUT2D eigenvalue weighted by molar-refractivity contribution is 7.15. The van der Waals surface area contributed by atoms with Gasteiger partial charge in [-0.15, -0.1) is 5.10 Å². The molecule has 38 heavy (non-hydrogen) atoms. The predicted octanol–water partition coefficient (Wildman–Crippen LogP) is 4.83. The Morgan fingerprint density at radius 1 is 1.13 bits per heavy atom. The smallest absolute Gasteiger partial charge is 0.291 e. The molecule has 192 valence electrons. The summed E-state index contributed by atoms with van der Waals surface area (Å²) in [6, 6.07) is 15.2. The number of rotatable bonds is 9. The second-order valence-corrected chi connectivity index (χ2v) is 9.19. The third kappa shape index (κ3) is 5.18. The molecule has 0 N–H and O–H groups in total. The lowest BCUT2D eigenvalue weighted by Gasteiger charge is -2.10. The van der Waals surface area contributed by atoms with Gasteiger partial charge in [-0.25, -0.2) is 0 Å². The Hall–Kier alpha value is -4.77. The van der Waals surface area contributed by atoms with Crippen LogP contribution in [0.25, 0.3) is 34.5 Å². The van der Waals surface area contributed by atoms with Crippen LogP contribution in [0.5, 0.6) is 11.5 Å². The highest BCUT2D eigenvalue weighted by atomic mass is 32.1. The summed E-state index contributed by atoms with van der Waals surface area (Å²) >= 11 is 1.19. The zero-order valence-corrected chi connectivity index (χ0v) is 21.3. The van der Waals surface area contributed by atoms with Crippen LogP contribution >= 0.6 is 11.3 Å².